The van der Waals surface area contributed by atoms with Gasteiger partial charge >= 0.3 is 11.1 Å². The third-order valence-corrected chi connectivity index (χ3v) is 4.93. The molecule has 2 heterocycles. The Balaban J connectivity index is 1.92. The molecule has 7 heteroatoms. The highest BCUT2D eigenvalue weighted by Gasteiger charge is 2.08. The molecule has 1 unspecified atom stereocenters. The fourth-order valence-corrected chi connectivity index (χ4v) is 3.51. The van der Waals surface area contributed by atoms with Crippen LogP contribution in [0, 0.1) is 0 Å². The highest BCUT2D eigenvalue weighted by Crippen LogP contribution is 2.29. The van der Waals surface area contributed by atoms with Crippen molar-refractivity contribution >= 4 is 44.0 Å². The molecule has 0 saturated heterocycles. The van der Waals surface area contributed by atoms with Gasteiger partial charge in [-0.2, -0.15) is 0 Å². The highest BCUT2D eigenvalue weighted by atomic mass is 79.9. The maximum atomic E-state index is 11.4. The fourth-order valence-electron chi connectivity index (χ4n) is 2.09. The first kappa shape index (κ1) is 14.1. The SMILES string of the molecule is CC(Nc1ccc2[nH]c(=O)c(=O)[nH]c2c1)c1ccc(Br)s1. The van der Waals surface area contributed by atoms with E-state index in [0.717, 1.165) is 9.47 Å². The summed E-state index contributed by atoms with van der Waals surface area (Å²) in [7, 11) is 0. The Labute approximate surface area is 132 Å². The van der Waals surface area contributed by atoms with Gasteiger partial charge in [-0.3, -0.25) is 9.59 Å². The highest BCUT2D eigenvalue weighted by molar-refractivity contribution is 9.11. The van der Waals surface area contributed by atoms with Crippen molar-refractivity contribution in [1.82, 2.24) is 9.97 Å². The summed E-state index contributed by atoms with van der Waals surface area (Å²) >= 11 is 5.12. The molecule has 1 atom stereocenters. The number of aromatic amines is 2. The number of benzene rings is 1. The Morgan fingerprint density at radius 1 is 1.10 bits per heavy atom. The molecular formula is C14H12BrN3O2S. The molecule has 0 aliphatic rings. The van der Waals surface area contributed by atoms with Crippen molar-refractivity contribution in [1.29, 1.82) is 0 Å². The minimum atomic E-state index is -0.644. The van der Waals surface area contributed by atoms with E-state index in [1.165, 1.54) is 4.88 Å². The maximum Gasteiger partial charge on any atom is 0.314 e. The van der Waals surface area contributed by atoms with Gasteiger partial charge in [-0.1, -0.05) is 0 Å². The minimum Gasteiger partial charge on any atom is -0.378 e. The standard InChI is InChI=1S/C14H12BrN3O2S/c1-7(11-4-5-12(15)21-11)16-8-2-3-9-10(6-8)18-14(20)13(19)17-9/h2-7,16H,1H3,(H,17,19)(H,18,20). The summed E-state index contributed by atoms with van der Waals surface area (Å²) in [6, 6.07) is 9.68. The number of fused-ring (bicyclic) bond motifs is 1. The molecule has 0 saturated carbocycles. The normalized spacial score (nSPS) is 12.5. The lowest BCUT2D eigenvalue weighted by Crippen LogP contribution is -2.28. The molecule has 5 nitrogen and oxygen atoms in total. The van der Waals surface area contributed by atoms with Crippen LogP contribution in [0.15, 0.2) is 43.7 Å². The van der Waals surface area contributed by atoms with E-state index < -0.39 is 11.1 Å². The molecule has 3 N–H and O–H groups in total. The van der Waals surface area contributed by atoms with E-state index in [1.54, 1.807) is 17.4 Å². The zero-order valence-electron chi connectivity index (χ0n) is 11.1. The van der Waals surface area contributed by atoms with Crippen molar-refractivity contribution in [2.45, 2.75) is 13.0 Å². The van der Waals surface area contributed by atoms with Crippen LogP contribution in [0.2, 0.25) is 0 Å². The Kier molecular flexibility index (Phi) is 3.69. The molecule has 3 rings (SSSR count). The van der Waals surface area contributed by atoms with Gasteiger partial charge in [0.2, 0.25) is 0 Å². The summed E-state index contributed by atoms with van der Waals surface area (Å²) in [6.07, 6.45) is 0. The van der Waals surface area contributed by atoms with Crippen LogP contribution in [0.4, 0.5) is 5.69 Å². The molecule has 0 aliphatic heterocycles. The average molecular weight is 366 g/mol. The van der Waals surface area contributed by atoms with E-state index in [0.29, 0.717) is 11.0 Å². The number of hydrogen-bond acceptors (Lipinski definition) is 4. The number of rotatable bonds is 3. The number of nitrogens with one attached hydrogen (secondary N) is 3. The van der Waals surface area contributed by atoms with Crippen molar-refractivity contribution < 1.29 is 0 Å². The summed E-state index contributed by atoms with van der Waals surface area (Å²) in [5.41, 5.74) is 0.804. The van der Waals surface area contributed by atoms with E-state index >= 15 is 0 Å². The lowest BCUT2D eigenvalue weighted by atomic mass is 10.2. The van der Waals surface area contributed by atoms with Crippen molar-refractivity contribution in [2.75, 3.05) is 5.32 Å². The summed E-state index contributed by atoms with van der Waals surface area (Å²) in [6.45, 7) is 2.07. The lowest BCUT2D eigenvalue weighted by Gasteiger charge is -2.14. The van der Waals surface area contributed by atoms with Gasteiger partial charge in [-0.25, -0.2) is 0 Å². The monoisotopic (exact) mass is 365 g/mol. The van der Waals surface area contributed by atoms with E-state index in [4.69, 9.17) is 0 Å². The largest absolute Gasteiger partial charge is 0.378 e. The smallest absolute Gasteiger partial charge is 0.314 e. The first-order chi connectivity index (χ1) is 10.0. The molecule has 1 aromatic carbocycles. The van der Waals surface area contributed by atoms with Crippen LogP contribution >= 0.6 is 27.3 Å². The molecule has 0 bridgehead atoms. The average Bonchev–Trinajstić information content (AvgIpc) is 2.87. The lowest BCUT2D eigenvalue weighted by molar-refractivity contribution is 0.908. The summed E-state index contributed by atoms with van der Waals surface area (Å²) in [5.74, 6) is 0. The fraction of sp³-hybridized carbons (Fsp3) is 0.143. The molecule has 3 aromatic rings. The zero-order chi connectivity index (χ0) is 15.0. The molecule has 0 aliphatic carbocycles. The van der Waals surface area contributed by atoms with Crippen molar-refractivity contribution in [3.8, 4) is 0 Å². The summed E-state index contributed by atoms with van der Waals surface area (Å²) in [4.78, 5) is 29.0. The van der Waals surface area contributed by atoms with E-state index in [-0.39, 0.29) is 6.04 Å². The second-order valence-corrected chi connectivity index (χ2v) is 7.17. The zero-order valence-corrected chi connectivity index (χ0v) is 13.5. The molecule has 0 fully saturated rings. The van der Waals surface area contributed by atoms with Crippen molar-refractivity contribution in [2.24, 2.45) is 0 Å². The topological polar surface area (TPSA) is 77.8 Å². The van der Waals surface area contributed by atoms with Gasteiger partial charge in [0.1, 0.15) is 0 Å². The van der Waals surface area contributed by atoms with Gasteiger partial charge in [-0.15, -0.1) is 11.3 Å². The number of anilines is 1. The van der Waals surface area contributed by atoms with Crippen LogP contribution in [0.5, 0.6) is 0 Å². The van der Waals surface area contributed by atoms with Crippen LogP contribution < -0.4 is 16.4 Å². The van der Waals surface area contributed by atoms with E-state index in [1.807, 2.05) is 18.2 Å². The van der Waals surface area contributed by atoms with Crippen LogP contribution in [-0.2, 0) is 0 Å². The molecule has 2 aromatic heterocycles. The first-order valence-corrected chi connectivity index (χ1v) is 7.92. The Morgan fingerprint density at radius 2 is 1.81 bits per heavy atom. The molecule has 0 radical (unpaired) electrons. The van der Waals surface area contributed by atoms with Crippen molar-refractivity contribution in [3.63, 3.8) is 0 Å². The van der Waals surface area contributed by atoms with E-state index in [2.05, 4.69) is 44.2 Å². The predicted molar refractivity (Wildman–Crippen MR) is 89.2 cm³/mol. The van der Waals surface area contributed by atoms with Crippen LogP contribution in [0.3, 0.4) is 0 Å². The maximum absolute atomic E-state index is 11.4. The summed E-state index contributed by atoms with van der Waals surface area (Å²) in [5, 5.41) is 3.37. The Bertz CT molecular complexity index is 912. The number of halogens is 1. The second kappa shape index (κ2) is 5.50. The molecule has 21 heavy (non-hydrogen) atoms. The number of aromatic nitrogens is 2. The third kappa shape index (κ3) is 2.93. The number of thiophene rings is 1. The van der Waals surface area contributed by atoms with Gasteiger partial charge in [0.05, 0.1) is 20.9 Å². The molecule has 0 spiro atoms. The number of hydrogen-bond donors (Lipinski definition) is 3. The van der Waals surface area contributed by atoms with E-state index in [9.17, 15) is 9.59 Å². The predicted octanol–water partition coefficient (Wildman–Crippen LogP) is 3.21. The Hall–Kier alpha value is -1.86. The van der Waals surface area contributed by atoms with Gasteiger partial charge < -0.3 is 15.3 Å². The van der Waals surface area contributed by atoms with Crippen LogP contribution in [0.25, 0.3) is 11.0 Å². The van der Waals surface area contributed by atoms with Gasteiger partial charge in [0.25, 0.3) is 0 Å². The third-order valence-electron chi connectivity index (χ3n) is 3.13. The van der Waals surface area contributed by atoms with Crippen LogP contribution in [-0.4, -0.2) is 9.97 Å². The van der Waals surface area contributed by atoms with Crippen molar-refractivity contribution in [3.05, 3.63) is 59.7 Å². The van der Waals surface area contributed by atoms with Gasteiger partial charge in [0, 0.05) is 10.6 Å². The second-order valence-electron chi connectivity index (χ2n) is 4.68. The van der Waals surface area contributed by atoms with Crippen LogP contribution in [0.1, 0.15) is 17.8 Å². The molecular weight excluding hydrogens is 354 g/mol. The minimum absolute atomic E-state index is 0.147. The molecule has 108 valence electrons. The Morgan fingerprint density at radius 3 is 2.48 bits per heavy atom. The molecule has 0 amide bonds. The first-order valence-electron chi connectivity index (χ1n) is 6.31. The number of H-pyrrole nitrogens is 2. The van der Waals surface area contributed by atoms with Gasteiger partial charge in [0.15, 0.2) is 0 Å². The van der Waals surface area contributed by atoms with Gasteiger partial charge in [-0.05, 0) is 53.2 Å². The summed E-state index contributed by atoms with van der Waals surface area (Å²) < 4.78 is 1.09. The quantitative estimate of drug-likeness (QED) is 0.623.